The lowest BCUT2D eigenvalue weighted by Gasteiger charge is -2.00. The fraction of sp³-hybridized carbons (Fsp3) is 0.300. The number of carbonyl (C=O) groups excluding carboxylic acids is 1. The van der Waals surface area contributed by atoms with Crippen LogP contribution in [0.15, 0.2) is 18.5 Å². The summed E-state index contributed by atoms with van der Waals surface area (Å²) in [5, 5.41) is 0. The van der Waals surface area contributed by atoms with Crippen LogP contribution in [0, 0.1) is 0 Å². The maximum atomic E-state index is 11.0. The first kappa shape index (κ1) is 8.87. The second kappa shape index (κ2) is 3.57. The fourth-order valence-corrected chi connectivity index (χ4v) is 1.41. The first-order valence-corrected chi connectivity index (χ1v) is 4.39. The minimum absolute atomic E-state index is 0.177. The number of allylic oxidation sites excluding steroid dienone is 2. The summed E-state index contributed by atoms with van der Waals surface area (Å²) in [6.45, 7) is 0. The van der Waals surface area contributed by atoms with Crippen molar-refractivity contribution in [3.8, 4) is 6.01 Å². The Labute approximate surface area is 81.6 Å². The van der Waals surface area contributed by atoms with E-state index >= 15 is 0 Å². The molecule has 2 rings (SSSR count). The minimum Gasteiger partial charge on any atom is -0.467 e. The lowest BCUT2D eigenvalue weighted by molar-refractivity contribution is -0.114. The highest BCUT2D eigenvalue weighted by molar-refractivity contribution is 6.01. The SMILES string of the molecule is COc1ncc(C2=CC(=O)CC2)cn1. The van der Waals surface area contributed by atoms with E-state index in [1.807, 2.05) is 0 Å². The molecule has 0 unspecified atom stereocenters. The molecule has 0 radical (unpaired) electrons. The Morgan fingerprint density at radius 1 is 1.29 bits per heavy atom. The largest absolute Gasteiger partial charge is 0.467 e. The van der Waals surface area contributed by atoms with Gasteiger partial charge in [-0.15, -0.1) is 0 Å². The second-order valence-electron chi connectivity index (χ2n) is 3.09. The van der Waals surface area contributed by atoms with E-state index in [0.29, 0.717) is 12.4 Å². The molecule has 1 aliphatic rings. The summed E-state index contributed by atoms with van der Waals surface area (Å²) in [6, 6.07) is 0.346. The van der Waals surface area contributed by atoms with E-state index in [-0.39, 0.29) is 5.78 Å². The van der Waals surface area contributed by atoms with Gasteiger partial charge in [0.15, 0.2) is 5.78 Å². The smallest absolute Gasteiger partial charge is 0.316 e. The summed E-state index contributed by atoms with van der Waals surface area (Å²) in [7, 11) is 1.52. The Morgan fingerprint density at radius 3 is 2.50 bits per heavy atom. The minimum atomic E-state index is 0.177. The molecule has 0 bridgehead atoms. The number of carbonyl (C=O) groups is 1. The summed E-state index contributed by atoms with van der Waals surface area (Å²) >= 11 is 0. The predicted octanol–water partition coefficient (Wildman–Crippen LogP) is 1.23. The van der Waals surface area contributed by atoms with Gasteiger partial charge in [0.2, 0.25) is 0 Å². The van der Waals surface area contributed by atoms with Gasteiger partial charge >= 0.3 is 6.01 Å². The standard InChI is InChI=1S/C10H10N2O2/c1-14-10-11-5-8(6-12-10)7-2-3-9(13)4-7/h4-6H,2-3H2,1H3. The van der Waals surface area contributed by atoms with Gasteiger partial charge < -0.3 is 4.74 Å². The fourth-order valence-electron chi connectivity index (χ4n) is 1.41. The van der Waals surface area contributed by atoms with Crippen LogP contribution in [0.2, 0.25) is 0 Å². The van der Waals surface area contributed by atoms with Crippen LogP contribution in [0.4, 0.5) is 0 Å². The Bertz CT molecular complexity index is 382. The third-order valence-corrected chi connectivity index (χ3v) is 2.16. The zero-order valence-corrected chi connectivity index (χ0v) is 7.86. The number of methoxy groups -OCH3 is 1. The summed E-state index contributed by atoms with van der Waals surface area (Å²) < 4.78 is 4.84. The van der Waals surface area contributed by atoms with Crippen molar-refractivity contribution in [2.45, 2.75) is 12.8 Å². The first-order chi connectivity index (χ1) is 6.79. The highest BCUT2D eigenvalue weighted by Gasteiger charge is 2.13. The lowest BCUT2D eigenvalue weighted by atomic mass is 10.1. The van der Waals surface area contributed by atoms with Crippen molar-refractivity contribution in [2.24, 2.45) is 0 Å². The highest BCUT2D eigenvalue weighted by atomic mass is 16.5. The van der Waals surface area contributed by atoms with Crippen molar-refractivity contribution < 1.29 is 9.53 Å². The van der Waals surface area contributed by atoms with Crippen molar-refractivity contribution in [3.63, 3.8) is 0 Å². The van der Waals surface area contributed by atoms with E-state index in [4.69, 9.17) is 4.74 Å². The van der Waals surface area contributed by atoms with Gasteiger partial charge in [-0.3, -0.25) is 4.79 Å². The Kier molecular flexibility index (Phi) is 2.26. The number of ketones is 1. The van der Waals surface area contributed by atoms with Crippen molar-refractivity contribution in [1.29, 1.82) is 0 Å². The van der Waals surface area contributed by atoms with Crippen LogP contribution in [0.3, 0.4) is 0 Å². The second-order valence-corrected chi connectivity index (χ2v) is 3.09. The molecule has 4 nitrogen and oxygen atoms in total. The third kappa shape index (κ3) is 1.64. The normalized spacial score (nSPS) is 15.5. The van der Waals surface area contributed by atoms with Gasteiger partial charge in [-0.25, -0.2) is 9.97 Å². The Morgan fingerprint density at radius 2 is 2.00 bits per heavy atom. The van der Waals surface area contributed by atoms with E-state index in [1.165, 1.54) is 7.11 Å². The number of hydrogen-bond donors (Lipinski definition) is 0. The molecule has 0 saturated carbocycles. The average molecular weight is 190 g/mol. The average Bonchev–Trinajstić information content (AvgIpc) is 2.65. The lowest BCUT2D eigenvalue weighted by Crippen LogP contribution is -1.92. The molecule has 1 aliphatic carbocycles. The van der Waals surface area contributed by atoms with Crippen LogP contribution < -0.4 is 4.74 Å². The van der Waals surface area contributed by atoms with Crippen molar-refractivity contribution in [3.05, 3.63) is 24.0 Å². The first-order valence-electron chi connectivity index (χ1n) is 4.39. The van der Waals surface area contributed by atoms with Crippen LogP contribution in [0.5, 0.6) is 6.01 Å². The van der Waals surface area contributed by atoms with Crippen molar-refractivity contribution in [1.82, 2.24) is 9.97 Å². The molecule has 0 spiro atoms. The molecule has 0 N–H and O–H groups in total. The maximum absolute atomic E-state index is 11.0. The zero-order chi connectivity index (χ0) is 9.97. The molecule has 0 amide bonds. The van der Waals surface area contributed by atoms with E-state index in [0.717, 1.165) is 17.6 Å². The van der Waals surface area contributed by atoms with Crippen LogP contribution in [-0.2, 0) is 4.79 Å². The van der Waals surface area contributed by atoms with Crippen molar-refractivity contribution in [2.75, 3.05) is 7.11 Å². The van der Waals surface area contributed by atoms with Crippen molar-refractivity contribution >= 4 is 11.4 Å². The summed E-state index contributed by atoms with van der Waals surface area (Å²) in [6.07, 6.45) is 6.40. The molecular formula is C10H10N2O2. The topological polar surface area (TPSA) is 52.1 Å². The number of ether oxygens (including phenoxy) is 1. The van der Waals surface area contributed by atoms with E-state index < -0.39 is 0 Å². The van der Waals surface area contributed by atoms with Gasteiger partial charge in [-0.1, -0.05) is 0 Å². The maximum Gasteiger partial charge on any atom is 0.316 e. The predicted molar refractivity (Wildman–Crippen MR) is 50.8 cm³/mol. The van der Waals surface area contributed by atoms with E-state index in [1.54, 1.807) is 18.5 Å². The van der Waals surface area contributed by atoms with E-state index in [9.17, 15) is 4.79 Å². The van der Waals surface area contributed by atoms with Gasteiger partial charge in [0.05, 0.1) is 7.11 Å². The summed E-state index contributed by atoms with van der Waals surface area (Å²) in [5.74, 6) is 0.177. The Hall–Kier alpha value is -1.71. The third-order valence-electron chi connectivity index (χ3n) is 2.16. The highest BCUT2D eigenvalue weighted by Crippen LogP contribution is 2.24. The molecule has 0 fully saturated rings. The zero-order valence-electron chi connectivity index (χ0n) is 7.86. The van der Waals surface area contributed by atoms with E-state index in [2.05, 4.69) is 9.97 Å². The van der Waals surface area contributed by atoms with Gasteiger partial charge in [-0.2, -0.15) is 0 Å². The van der Waals surface area contributed by atoms with Crippen LogP contribution in [0.1, 0.15) is 18.4 Å². The molecule has 1 aromatic rings. The summed E-state index contributed by atoms with van der Waals surface area (Å²) in [5.41, 5.74) is 1.91. The quantitative estimate of drug-likeness (QED) is 0.703. The van der Waals surface area contributed by atoms with Gasteiger partial charge in [-0.05, 0) is 18.1 Å². The summed E-state index contributed by atoms with van der Waals surface area (Å²) in [4.78, 5) is 19.0. The van der Waals surface area contributed by atoms with Crippen LogP contribution in [-0.4, -0.2) is 22.9 Å². The number of nitrogens with zero attached hydrogens (tertiary/aromatic N) is 2. The molecule has 72 valence electrons. The molecule has 1 heterocycles. The van der Waals surface area contributed by atoms with Crippen LogP contribution >= 0.6 is 0 Å². The molecule has 0 aliphatic heterocycles. The number of rotatable bonds is 2. The van der Waals surface area contributed by atoms with Gasteiger partial charge in [0.1, 0.15) is 0 Å². The molecule has 1 aromatic heterocycles. The molecule has 0 aromatic carbocycles. The van der Waals surface area contributed by atoms with Gasteiger partial charge in [0, 0.05) is 24.4 Å². The molecule has 0 saturated heterocycles. The Balaban J connectivity index is 2.25. The van der Waals surface area contributed by atoms with Gasteiger partial charge in [0.25, 0.3) is 0 Å². The monoisotopic (exact) mass is 190 g/mol. The molecule has 4 heteroatoms. The van der Waals surface area contributed by atoms with Crippen LogP contribution in [0.25, 0.3) is 5.57 Å². The number of aromatic nitrogens is 2. The molecule has 0 atom stereocenters. The molecule has 14 heavy (non-hydrogen) atoms. The molecular weight excluding hydrogens is 180 g/mol. The number of hydrogen-bond acceptors (Lipinski definition) is 4.